The van der Waals surface area contributed by atoms with Crippen molar-refractivity contribution in [2.24, 2.45) is 0 Å². The van der Waals surface area contributed by atoms with Gasteiger partial charge in [0.15, 0.2) is 0 Å². The summed E-state index contributed by atoms with van der Waals surface area (Å²) in [6, 6.07) is 4.51. The van der Waals surface area contributed by atoms with E-state index in [4.69, 9.17) is 27.9 Å². The molecule has 0 radical (unpaired) electrons. The van der Waals surface area contributed by atoms with Crippen molar-refractivity contribution in [2.75, 3.05) is 19.0 Å². The second-order valence-electron chi connectivity index (χ2n) is 3.58. The summed E-state index contributed by atoms with van der Waals surface area (Å²) >= 11 is 11.6. The Hall–Kier alpha value is -0.970. The van der Waals surface area contributed by atoms with Crippen LogP contribution >= 0.6 is 23.2 Å². The molecule has 1 rings (SSSR count). The summed E-state index contributed by atoms with van der Waals surface area (Å²) in [5.74, 6) is 0. The van der Waals surface area contributed by atoms with Gasteiger partial charge in [-0.05, 0) is 25.1 Å². The zero-order chi connectivity index (χ0) is 12.8. The molecule has 2 N–H and O–H groups in total. The zero-order valence-electron chi connectivity index (χ0n) is 9.59. The highest BCUT2D eigenvalue weighted by molar-refractivity contribution is 6.42. The zero-order valence-corrected chi connectivity index (χ0v) is 11.1. The molecule has 6 heteroatoms. The lowest BCUT2D eigenvalue weighted by Gasteiger charge is -2.13. The fraction of sp³-hybridized carbons (Fsp3) is 0.364. The van der Waals surface area contributed by atoms with Crippen LogP contribution < -0.4 is 10.6 Å². The quantitative estimate of drug-likeness (QED) is 0.888. The molecule has 94 valence electrons. The SMILES string of the molecule is COC[C@H](C)NC(=O)Nc1ccc(Cl)c(Cl)c1. The molecule has 0 aliphatic rings. The van der Waals surface area contributed by atoms with Crippen molar-refractivity contribution in [3.8, 4) is 0 Å². The van der Waals surface area contributed by atoms with Gasteiger partial charge in [0.05, 0.1) is 22.7 Å². The van der Waals surface area contributed by atoms with Gasteiger partial charge in [-0.15, -0.1) is 0 Å². The van der Waals surface area contributed by atoms with E-state index in [1.807, 2.05) is 6.92 Å². The minimum Gasteiger partial charge on any atom is -0.383 e. The maximum Gasteiger partial charge on any atom is 0.319 e. The van der Waals surface area contributed by atoms with Crippen LogP contribution in [0.3, 0.4) is 0 Å². The molecule has 1 aromatic carbocycles. The number of ether oxygens (including phenoxy) is 1. The second-order valence-corrected chi connectivity index (χ2v) is 4.40. The smallest absolute Gasteiger partial charge is 0.319 e. The van der Waals surface area contributed by atoms with Gasteiger partial charge >= 0.3 is 6.03 Å². The molecule has 0 aliphatic carbocycles. The molecule has 2 amide bonds. The maximum absolute atomic E-state index is 11.5. The van der Waals surface area contributed by atoms with Crippen molar-refractivity contribution < 1.29 is 9.53 Å². The molecule has 1 atom stereocenters. The van der Waals surface area contributed by atoms with E-state index in [2.05, 4.69) is 10.6 Å². The lowest BCUT2D eigenvalue weighted by atomic mass is 10.3. The van der Waals surface area contributed by atoms with E-state index in [1.54, 1.807) is 25.3 Å². The van der Waals surface area contributed by atoms with Gasteiger partial charge in [-0.2, -0.15) is 0 Å². The molecule has 0 bridgehead atoms. The van der Waals surface area contributed by atoms with Crippen LogP contribution in [0.5, 0.6) is 0 Å². The van der Waals surface area contributed by atoms with E-state index < -0.39 is 0 Å². The van der Waals surface area contributed by atoms with E-state index in [9.17, 15) is 4.79 Å². The van der Waals surface area contributed by atoms with Gasteiger partial charge in [-0.3, -0.25) is 0 Å². The minimum atomic E-state index is -0.312. The topological polar surface area (TPSA) is 50.4 Å². The third kappa shape index (κ3) is 4.81. The first-order valence-corrected chi connectivity index (χ1v) is 5.80. The molecule has 0 aromatic heterocycles. The van der Waals surface area contributed by atoms with Gasteiger partial charge in [-0.1, -0.05) is 23.2 Å². The van der Waals surface area contributed by atoms with E-state index in [0.29, 0.717) is 22.3 Å². The van der Waals surface area contributed by atoms with Gasteiger partial charge in [0, 0.05) is 12.8 Å². The normalized spacial score (nSPS) is 12.0. The first-order chi connectivity index (χ1) is 8.02. The number of rotatable bonds is 4. The first-order valence-electron chi connectivity index (χ1n) is 5.04. The fourth-order valence-electron chi connectivity index (χ4n) is 1.26. The molecule has 0 saturated carbocycles. The maximum atomic E-state index is 11.5. The number of benzene rings is 1. The van der Waals surface area contributed by atoms with Crippen LogP contribution in [0.15, 0.2) is 18.2 Å². The number of hydrogen-bond acceptors (Lipinski definition) is 2. The van der Waals surface area contributed by atoms with Gasteiger partial charge < -0.3 is 15.4 Å². The highest BCUT2D eigenvalue weighted by Gasteiger charge is 2.07. The van der Waals surface area contributed by atoms with Gasteiger partial charge in [0.1, 0.15) is 0 Å². The van der Waals surface area contributed by atoms with E-state index in [-0.39, 0.29) is 12.1 Å². The minimum absolute atomic E-state index is 0.0669. The van der Waals surface area contributed by atoms with Crippen molar-refractivity contribution in [3.63, 3.8) is 0 Å². The van der Waals surface area contributed by atoms with Crippen LogP contribution in [0.4, 0.5) is 10.5 Å². The van der Waals surface area contributed by atoms with Crippen molar-refractivity contribution in [1.82, 2.24) is 5.32 Å². The molecule has 17 heavy (non-hydrogen) atoms. The Morgan fingerprint density at radius 3 is 2.71 bits per heavy atom. The lowest BCUT2D eigenvalue weighted by molar-refractivity contribution is 0.173. The highest BCUT2D eigenvalue weighted by atomic mass is 35.5. The average Bonchev–Trinajstić information content (AvgIpc) is 2.23. The van der Waals surface area contributed by atoms with E-state index in [0.717, 1.165) is 0 Å². The van der Waals surface area contributed by atoms with Crippen LogP contribution in [-0.4, -0.2) is 25.8 Å². The Morgan fingerprint density at radius 2 is 2.12 bits per heavy atom. The number of methoxy groups -OCH3 is 1. The second kappa shape index (κ2) is 6.69. The molecular formula is C11H14Cl2N2O2. The first kappa shape index (κ1) is 14.1. The van der Waals surface area contributed by atoms with Crippen molar-refractivity contribution in [2.45, 2.75) is 13.0 Å². The summed E-state index contributed by atoms with van der Waals surface area (Å²) in [6.45, 7) is 2.30. The molecule has 1 aromatic rings. The van der Waals surface area contributed by atoms with Crippen LogP contribution in [0.25, 0.3) is 0 Å². The van der Waals surface area contributed by atoms with E-state index in [1.165, 1.54) is 0 Å². The van der Waals surface area contributed by atoms with Crippen molar-refractivity contribution >= 4 is 34.9 Å². The summed E-state index contributed by atoms with van der Waals surface area (Å²) in [6.07, 6.45) is 0. The molecular weight excluding hydrogens is 263 g/mol. The summed E-state index contributed by atoms with van der Waals surface area (Å²) < 4.78 is 4.91. The molecule has 0 saturated heterocycles. The van der Waals surface area contributed by atoms with Gasteiger partial charge in [0.2, 0.25) is 0 Å². The number of nitrogens with one attached hydrogen (secondary N) is 2. The number of hydrogen-bond donors (Lipinski definition) is 2. The number of halogens is 2. The predicted molar refractivity (Wildman–Crippen MR) is 70.0 cm³/mol. The van der Waals surface area contributed by atoms with Crippen LogP contribution in [-0.2, 0) is 4.74 Å². The van der Waals surface area contributed by atoms with Crippen LogP contribution in [0.2, 0.25) is 10.0 Å². The largest absolute Gasteiger partial charge is 0.383 e. The Kier molecular flexibility index (Phi) is 5.55. The fourth-order valence-corrected chi connectivity index (χ4v) is 1.55. The number of urea groups is 1. The standard InChI is InChI=1S/C11H14Cl2N2O2/c1-7(6-17-2)14-11(16)15-8-3-4-9(12)10(13)5-8/h3-5,7H,6H2,1-2H3,(H2,14,15,16)/t7-/m0/s1. The predicted octanol–water partition coefficient (Wildman–Crippen LogP) is 3.15. The van der Waals surface area contributed by atoms with Gasteiger partial charge in [0.25, 0.3) is 0 Å². The molecule has 0 fully saturated rings. The number of amides is 2. The lowest BCUT2D eigenvalue weighted by Crippen LogP contribution is -2.38. The van der Waals surface area contributed by atoms with Crippen molar-refractivity contribution in [3.05, 3.63) is 28.2 Å². The van der Waals surface area contributed by atoms with Crippen LogP contribution in [0.1, 0.15) is 6.92 Å². The molecule has 0 spiro atoms. The summed E-state index contributed by atoms with van der Waals surface area (Å²) in [5, 5.41) is 6.21. The van der Waals surface area contributed by atoms with Crippen LogP contribution in [0, 0.1) is 0 Å². The summed E-state index contributed by atoms with van der Waals surface area (Å²) in [5.41, 5.74) is 0.585. The Morgan fingerprint density at radius 1 is 1.41 bits per heavy atom. The Bertz CT molecular complexity index is 399. The number of carbonyl (C=O) groups is 1. The molecule has 0 unspecified atom stereocenters. The number of anilines is 1. The number of carbonyl (C=O) groups excluding carboxylic acids is 1. The van der Waals surface area contributed by atoms with E-state index >= 15 is 0 Å². The average molecular weight is 277 g/mol. The van der Waals surface area contributed by atoms with Crippen molar-refractivity contribution in [1.29, 1.82) is 0 Å². The third-order valence-corrected chi connectivity index (χ3v) is 2.71. The molecule has 4 nitrogen and oxygen atoms in total. The summed E-state index contributed by atoms with van der Waals surface area (Å²) in [7, 11) is 1.58. The van der Waals surface area contributed by atoms with Gasteiger partial charge in [-0.25, -0.2) is 4.79 Å². The summed E-state index contributed by atoms with van der Waals surface area (Å²) in [4.78, 5) is 11.5. The third-order valence-electron chi connectivity index (χ3n) is 1.97. The highest BCUT2D eigenvalue weighted by Crippen LogP contribution is 2.24. The monoisotopic (exact) mass is 276 g/mol. The Labute approximate surface area is 110 Å². The Balaban J connectivity index is 2.53. The molecule has 0 heterocycles. The molecule has 0 aliphatic heterocycles.